The zero-order valence-electron chi connectivity index (χ0n) is 15.6. The predicted octanol–water partition coefficient (Wildman–Crippen LogP) is 3.41. The van der Waals surface area contributed by atoms with Crippen molar-refractivity contribution in [1.82, 2.24) is 9.62 Å². The van der Waals surface area contributed by atoms with Gasteiger partial charge in [0, 0.05) is 13.1 Å². The van der Waals surface area contributed by atoms with E-state index >= 15 is 0 Å². The van der Waals surface area contributed by atoms with Gasteiger partial charge in [-0.1, -0.05) is 31.4 Å². The maximum Gasteiger partial charge on any atom is 0.241 e. The first-order valence-electron chi connectivity index (χ1n) is 9.88. The zero-order chi connectivity index (χ0) is 18.6. The van der Waals surface area contributed by atoms with Crippen LogP contribution in [0.4, 0.5) is 0 Å². The Kier molecular flexibility index (Phi) is 6.35. The number of carbonyl (C=O) groups is 1. The molecule has 6 heteroatoms. The SMILES string of the molecule is C[C@H](NS(=O)(=O)c1ccc(C2CCCCC2)cc1)C(=O)N1CCCCC1. The lowest BCUT2D eigenvalue weighted by molar-refractivity contribution is -0.133. The maximum absolute atomic E-state index is 12.6. The number of amides is 1. The normalized spacial score (nSPS) is 20.7. The van der Waals surface area contributed by atoms with Gasteiger partial charge in [-0.25, -0.2) is 8.42 Å². The van der Waals surface area contributed by atoms with Gasteiger partial charge in [0.2, 0.25) is 15.9 Å². The minimum absolute atomic E-state index is 0.132. The predicted molar refractivity (Wildman–Crippen MR) is 102 cm³/mol. The molecule has 1 atom stereocenters. The molecule has 1 aliphatic carbocycles. The van der Waals surface area contributed by atoms with E-state index in [9.17, 15) is 13.2 Å². The number of benzene rings is 1. The monoisotopic (exact) mass is 378 g/mol. The van der Waals surface area contributed by atoms with Gasteiger partial charge >= 0.3 is 0 Å². The summed E-state index contributed by atoms with van der Waals surface area (Å²) < 4.78 is 27.8. The standard InChI is InChI=1S/C20H30N2O3S/c1-16(20(23)22-14-6-3-7-15-22)21-26(24,25)19-12-10-18(11-13-19)17-8-4-2-5-9-17/h10-13,16-17,21H,2-9,14-15H2,1H3/t16-/m0/s1. The van der Waals surface area contributed by atoms with Crippen molar-refractivity contribution in [3.05, 3.63) is 29.8 Å². The third-order valence-electron chi connectivity index (χ3n) is 5.64. The molecule has 2 aliphatic rings. The van der Waals surface area contributed by atoms with Gasteiger partial charge in [0.25, 0.3) is 0 Å². The van der Waals surface area contributed by atoms with Crippen LogP contribution in [0.3, 0.4) is 0 Å². The quantitative estimate of drug-likeness (QED) is 0.854. The number of nitrogens with one attached hydrogen (secondary N) is 1. The van der Waals surface area contributed by atoms with Crippen LogP contribution in [-0.2, 0) is 14.8 Å². The van der Waals surface area contributed by atoms with Crippen LogP contribution in [0.15, 0.2) is 29.2 Å². The van der Waals surface area contributed by atoms with Crippen LogP contribution in [0.25, 0.3) is 0 Å². The highest BCUT2D eigenvalue weighted by atomic mass is 32.2. The molecule has 2 fully saturated rings. The van der Waals surface area contributed by atoms with Crippen molar-refractivity contribution >= 4 is 15.9 Å². The van der Waals surface area contributed by atoms with Gasteiger partial charge in [-0.3, -0.25) is 4.79 Å². The van der Waals surface area contributed by atoms with E-state index in [1.807, 2.05) is 12.1 Å². The first-order valence-corrected chi connectivity index (χ1v) is 11.4. The Labute approximate surface area is 157 Å². The third-order valence-corrected chi connectivity index (χ3v) is 7.19. The van der Waals surface area contributed by atoms with Crippen molar-refractivity contribution in [1.29, 1.82) is 0 Å². The number of hydrogen-bond acceptors (Lipinski definition) is 3. The summed E-state index contributed by atoms with van der Waals surface area (Å²) >= 11 is 0. The molecule has 0 radical (unpaired) electrons. The second-order valence-electron chi connectivity index (χ2n) is 7.63. The summed E-state index contributed by atoms with van der Waals surface area (Å²) in [4.78, 5) is 14.5. The second kappa shape index (κ2) is 8.53. The van der Waals surface area contributed by atoms with Crippen molar-refractivity contribution in [3.63, 3.8) is 0 Å². The lowest BCUT2D eigenvalue weighted by Gasteiger charge is -2.29. The van der Waals surface area contributed by atoms with Crippen molar-refractivity contribution in [2.75, 3.05) is 13.1 Å². The number of rotatable bonds is 5. The van der Waals surface area contributed by atoms with E-state index < -0.39 is 16.1 Å². The molecule has 3 rings (SSSR count). The van der Waals surface area contributed by atoms with Crippen molar-refractivity contribution < 1.29 is 13.2 Å². The smallest absolute Gasteiger partial charge is 0.241 e. The molecule has 1 saturated carbocycles. The number of nitrogens with zero attached hydrogens (tertiary/aromatic N) is 1. The first kappa shape index (κ1) is 19.4. The van der Waals surface area contributed by atoms with Crippen molar-refractivity contribution in [3.8, 4) is 0 Å². The van der Waals surface area contributed by atoms with E-state index in [0.29, 0.717) is 5.92 Å². The summed E-state index contributed by atoms with van der Waals surface area (Å²) in [7, 11) is -3.69. The Hall–Kier alpha value is -1.40. The Morgan fingerprint density at radius 2 is 1.58 bits per heavy atom. The number of hydrogen-bond donors (Lipinski definition) is 1. The molecular formula is C20H30N2O3S. The molecule has 0 unspecified atom stereocenters. The van der Waals surface area contributed by atoms with E-state index in [0.717, 1.165) is 32.4 Å². The Balaban J connectivity index is 1.64. The highest BCUT2D eigenvalue weighted by Crippen LogP contribution is 2.32. The van der Waals surface area contributed by atoms with Crippen LogP contribution >= 0.6 is 0 Å². The minimum Gasteiger partial charge on any atom is -0.341 e. The lowest BCUT2D eigenvalue weighted by Crippen LogP contribution is -2.48. The lowest BCUT2D eigenvalue weighted by atomic mass is 9.84. The molecule has 1 aromatic carbocycles. The topological polar surface area (TPSA) is 66.5 Å². The molecule has 5 nitrogen and oxygen atoms in total. The average molecular weight is 379 g/mol. The average Bonchev–Trinajstić information content (AvgIpc) is 2.68. The van der Waals surface area contributed by atoms with Gasteiger partial charge in [-0.15, -0.1) is 0 Å². The van der Waals surface area contributed by atoms with Crippen LogP contribution < -0.4 is 4.72 Å². The summed E-state index contributed by atoms with van der Waals surface area (Å²) in [5.41, 5.74) is 1.22. The third kappa shape index (κ3) is 4.65. The second-order valence-corrected chi connectivity index (χ2v) is 9.35. The molecule has 1 amide bonds. The van der Waals surface area contributed by atoms with E-state index in [2.05, 4.69) is 4.72 Å². The molecular weight excluding hydrogens is 348 g/mol. The zero-order valence-corrected chi connectivity index (χ0v) is 16.4. The highest BCUT2D eigenvalue weighted by molar-refractivity contribution is 7.89. The van der Waals surface area contributed by atoms with E-state index in [1.165, 1.54) is 37.7 Å². The Bertz CT molecular complexity index is 703. The Morgan fingerprint density at radius 1 is 1.00 bits per heavy atom. The largest absolute Gasteiger partial charge is 0.341 e. The summed E-state index contributed by atoms with van der Waals surface area (Å²) in [6, 6.07) is 6.47. The van der Waals surface area contributed by atoms with Gasteiger partial charge in [-0.2, -0.15) is 4.72 Å². The maximum atomic E-state index is 12.6. The summed E-state index contributed by atoms with van der Waals surface area (Å²) in [5, 5.41) is 0. The molecule has 1 aromatic rings. The summed E-state index contributed by atoms with van der Waals surface area (Å²) in [5.74, 6) is 0.417. The molecule has 1 aliphatic heterocycles. The van der Waals surface area contributed by atoms with Crippen molar-refractivity contribution in [2.45, 2.75) is 75.1 Å². The molecule has 1 saturated heterocycles. The highest BCUT2D eigenvalue weighted by Gasteiger charge is 2.27. The van der Waals surface area contributed by atoms with Gasteiger partial charge in [0.1, 0.15) is 0 Å². The first-order chi connectivity index (χ1) is 12.5. The van der Waals surface area contributed by atoms with Crippen LogP contribution in [0.5, 0.6) is 0 Å². The summed E-state index contributed by atoms with van der Waals surface area (Å²) in [6.45, 7) is 3.08. The number of likely N-dealkylation sites (tertiary alicyclic amines) is 1. The number of piperidine rings is 1. The van der Waals surface area contributed by atoms with Crippen molar-refractivity contribution in [2.24, 2.45) is 0 Å². The van der Waals surface area contributed by atoms with Gasteiger partial charge in [-0.05, 0) is 62.6 Å². The van der Waals surface area contributed by atoms with Gasteiger partial charge in [0.15, 0.2) is 0 Å². The summed E-state index contributed by atoms with van der Waals surface area (Å²) in [6.07, 6.45) is 9.30. The number of carbonyl (C=O) groups excluding carboxylic acids is 1. The van der Waals surface area contributed by atoms with Crippen LogP contribution in [-0.4, -0.2) is 38.4 Å². The molecule has 26 heavy (non-hydrogen) atoms. The van der Waals surface area contributed by atoms with Gasteiger partial charge in [0.05, 0.1) is 10.9 Å². The molecule has 1 N–H and O–H groups in total. The fourth-order valence-corrected chi connectivity index (χ4v) is 5.29. The molecule has 0 bridgehead atoms. The fraction of sp³-hybridized carbons (Fsp3) is 0.650. The molecule has 0 aromatic heterocycles. The van der Waals surface area contributed by atoms with Crippen LogP contribution in [0.2, 0.25) is 0 Å². The molecule has 1 heterocycles. The molecule has 144 valence electrons. The fourth-order valence-electron chi connectivity index (χ4n) is 4.09. The number of sulfonamides is 1. The molecule has 0 spiro atoms. The minimum atomic E-state index is -3.69. The van der Waals surface area contributed by atoms with E-state index in [4.69, 9.17) is 0 Å². The van der Waals surface area contributed by atoms with Crippen LogP contribution in [0.1, 0.15) is 69.8 Å². The van der Waals surface area contributed by atoms with E-state index in [-0.39, 0.29) is 10.8 Å². The van der Waals surface area contributed by atoms with Crippen LogP contribution in [0, 0.1) is 0 Å². The van der Waals surface area contributed by atoms with Gasteiger partial charge < -0.3 is 4.90 Å². The Morgan fingerprint density at radius 3 is 2.19 bits per heavy atom. The van der Waals surface area contributed by atoms with E-state index in [1.54, 1.807) is 24.0 Å².